The van der Waals surface area contributed by atoms with Crippen molar-refractivity contribution in [3.8, 4) is 0 Å². The lowest BCUT2D eigenvalue weighted by atomic mass is 9.88. The van der Waals surface area contributed by atoms with E-state index < -0.39 is 35.5 Å². The number of aromatic amines is 1. The van der Waals surface area contributed by atoms with Gasteiger partial charge < -0.3 is 15.4 Å². The van der Waals surface area contributed by atoms with Gasteiger partial charge in [0.15, 0.2) is 17.6 Å². The number of carbonyl (C=O) groups excluding carboxylic acids is 4. The minimum atomic E-state index is -1.17. The number of aromatic nitrogens is 3. The minimum absolute atomic E-state index is 0.0330. The molecular weight excluding hydrogens is 390 g/mol. The van der Waals surface area contributed by atoms with Crippen molar-refractivity contribution in [2.75, 3.05) is 6.54 Å². The lowest BCUT2D eigenvalue weighted by Crippen LogP contribution is -2.40. The number of rotatable bonds is 7. The first kappa shape index (κ1) is 21.2. The molecule has 3 N–H and O–H groups in total. The van der Waals surface area contributed by atoms with Gasteiger partial charge in [-0.2, -0.15) is 5.10 Å². The topological polar surface area (TPSA) is 143 Å². The van der Waals surface area contributed by atoms with E-state index in [1.165, 1.54) is 6.33 Å². The maximum Gasteiger partial charge on any atom is 0.408 e. The molecule has 1 saturated heterocycles. The summed E-state index contributed by atoms with van der Waals surface area (Å²) in [5.41, 5.74) is 0.793. The summed E-state index contributed by atoms with van der Waals surface area (Å²) in [6.45, 7) is 0.478. The normalized spacial score (nSPS) is 17.9. The number of benzene rings is 1. The summed E-state index contributed by atoms with van der Waals surface area (Å²) in [4.78, 5) is 53.3. The molecule has 1 aromatic carbocycles. The number of hydrogen-bond donors (Lipinski definition) is 3. The first-order chi connectivity index (χ1) is 14.5. The predicted octanol–water partition coefficient (Wildman–Crippen LogP) is 1.22. The Labute approximate surface area is 172 Å². The van der Waals surface area contributed by atoms with E-state index in [0.29, 0.717) is 19.4 Å². The molecule has 1 aromatic heterocycles. The fourth-order valence-electron chi connectivity index (χ4n) is 3.21. The Bertz CT molecular complexity index is 884. The van der Waals surface area contributed by atoms with Gasteiger partial charge in [0.25, 0.3) is 5.91 Å². The number of nitrogens with one attached hydrogen (secondary N) is 3. The molecular formula is C20H23N5O5. The van der Waals surface area contributed by atoms with Crippen LogP contribution in [0.3, 0.4) is 0 Å². The van der Waals surface area contributed by atoms with E-state index in [-0.39, 0.29) is 18.9 Å². The van der Waals surface area contributed by atoms with Crippen LogP contribution in [0.15, 0.2) is 36.7 Å². The molecule has 2 heterocycles. The molecule has 1 fully saturated rings. The standard InChI is InChI=1S/C20H23N5O5/c26-15(10-14-8-4-5-9-21-19(28)17(14)27)16(18-22-12-23-25-18)24-20(29)30-11-13-6-2-1-3-7-13/h1-3,6-7,12,14,16H,4-5,8-11H2,(H,21,28)(H,24,29)(H,22,23,25). The van der Waals surface area contributed by atoms with Gasteiger partial charge in [-0.25, -0.2) is 9.78 Å². The molecule has 2 atom stereocenters. The summed E-state index contributed by atoms with van der Waals surface area (Å²) in [7, 11) is 0. The molecule has 158 valence electrons. The van der Waals surface area contributed by atoms with Gasteiger partial charge in [-0.15, -0.1) is 0 Å². The Morgan fingerprint density at radius 3 is 2.73 bits per heavy atom. The summed E-state index contributed by atoms with van der Waals surface area (Å²) in [6, 6.07) is 7.92. The van der Waals surface area contributed by atoms with Crippen LogP contribution in [0.25, 0.3) is 0 Å². The number of alkyl carbamates (subject to hydrolysis) is 1. The molecule has 0 saturated carbocycles. The second-order valence-electron chi connectivity index (χ2n) is 6.99. The first-order valence-electron chi connectivity index (χ1n) is 9.72. The lowest BCUT2D eigenvalue weighted by Gasteiger charge is -2.21. The Morgan fingerprint density at radius 1 is 1.20 bits per heavy atom. The molecule has 10 heteroatoms. The highest BCUT2D eigenvalue weighted by atomic mass is 16.5. The van der Waals surface area contributed by atoms with Crippen LogP contribution in [-0.2, 0) is 25.7 Å². The fourth-order valence-corrected chi connectivity index (χ4v) is 3.21. The molecule has 3 rings (SSSR count). The highest BCUT2D eigenvalue weighted by molar-refractivity contribution is 6.37. The van der Waals surface area contributed by atoms with E-state index in [1.807, 2.05) is 18.2 Å². The van der Waals surface area contributed by atoms with Crippen LogP contribution in [-0.4, -0.2) is 45.3 Å². The molecule has 0 aliphatic carbocycles. The Balaban J connectivity index is 1.65. The quantitative estimate of drug-likeness (QED) is 0.579. The van der Waals surface area contributed by atoms with E-state index in [2.05, 4.69) is 25.8 Å². The molecule has 0 spiro atoms. The third-order valence-corrected chi connectivity index (χ3v) is 4.81. The second kappa shape index (κ2) is 10.3. The fraction of sp³-hybridized carbons (Fsp3) is 0.400. The lowest BCUT2D eigenvalue weighted by molar-refractivity contribution is -0.141. The number of H-pyrrole nitrogens is 1. The monoisotopic (exact) mass is 413 g/mol. The van der Waals surface area contributed by atoms with Crippen molar-refractivity contribution in [2.24, 2.45) is 5.92 Å². The third kappa shape index (κ3) is 5.72. The van der Waals surface area contributed by atoms with Gasteiger partial charge in [-0.1, -0.05) is 36.8 Å². The largest absolute Gasteiger partial charge is 0.445 e. The molecule has 2 unspecified atom stereocenters. The zero-order valence-electron chi connectivity index (χ0n) is 16.3. The van der Waals surface area contributed by atoms with Crippen molar-refractivity contribution in [1.29, 1.82) is 0 Å². The van der Waals surface area contributed by atoms with Crippen LogP contribution in [0.4, 0.5) is 4.79 Å². The highest BCUT2D eigenvalue weighted by Gasteiger charge is 2.33. The second-order valence-corrected chi connectivity index (χ2v) is 6.99. The number of ether oxygens (including phenoxy) is 1. The maximum absolute atomic E-state index is 12.9. The summed E-state index contributed by atoms with van der Waals surface area (Å²) in [5.74, 6) is -2.38. The van der Waals surface area contributed by atoms with E-state index in [9.17, 15) is 19.2 Å². The van der Waals surface area contributed by atoms with Crippen LogP contribution in [0.2, 0.25) is 0 Å². The highest BCUT2D eigenvalue weighted by Crippen LogP contribution is 2.21. The van der Waals surface area contributed by atoms with Crippen LogP contribution >= 0.6 is 0 Å². The number of hydrogen-bond acceptors (Lipinski definition) is 7. The van der Waals surface area contributed by atoms with Gasteiger partial charge in [-0.05, 0) is 18.4 Å². The van der Waals surface area contributed by atoms with Crippen molar-refractivity contribution >= 4 is 23.6 Å². The van der Waals surface area contributed by atoms with Gasteiger partial charge in [0.2, 0.25) is 5.78 Å². The van der Waals surface area contributed by atoms with Gasteiger partial charge >= 0.3 is 6.09 Å². The Hall–Kier alpha value is -3.56. The molecule has 1 aliphatic heterocycles. The van der Waals surface area contributed by atoms with Crippen molar-refractivity contribution in [1.82, 2.24) is 25.8 Å². The molecule has 2 aromatic rings. The average Bonchev–Trinajstić information content (AvgIpc) is 3.28. The zero-order valence-corrected chi connectivity index (χ0v) is 16.3. The Kier molecular flexibility index (Phi) is 7.25. The first-order valence-corrected chi connectivity index (χ1v) is 9.72. The summed E-state index contributed by atoms with van der Waals surface area (Å²) in [6.07, 6.45) is 2.08. The van der Waals surface area contributed by atoms with Crippen molar-refractivity contribution in [3.05, 3.63) is 48.0 Å². The minimum Gasteiger partial charge on any atom is -0.445 e. The number of nitrogens with zero attached hydrogens (tertiary/aromatic N) is 2. The molecule has 30 heavy (non-hydrogen) atoms. The van der Waals surface area contributed by atoms with E-state index >= 15 is 0 Å². The Morgan fingerprint density at radius 2 is 2.00 bits per heavy atom. The smallest absolute Gasteiger partial charge is 0.408 e. The molecule has 0 bridgehead atoms. The van der Waals surface area contributed by atoms with Crippen molar-refractivity contribution in [2.45, 2.75) is 38.3 Å². The van der Waals surface area contributed by atoms with E-state index in [4.69, 9.17) is 4.74 Å². The van der Waals surface area contributed by atoms with E-state index in [1.54, 1.807) is 12.1 Å². The summed E-state index contributed by atoms with van der Waals surface area (Å²) < 4.78 is 5.18. The van der Waals surface area contributed by atoms with Gasteiger partial charge in [0.05, 0.1) is 0 Å². The zero-order chi connectivity index (χ0) is 21.3. The maximum atomic E-state index is 12.9. The van der Waals surface area contributed by atoms with Crippen LogP contribution in [0.1, 0.15) is 43.1 Å². The van der Waals surface area contributed by atoms with Gasteiger partial charge in [0, 0.05) is 18.9 Å². The van der Waals surface area contributed by atoms with Crippen molar-refractivity contribution in [3.63, 3.8) is 0 Å². The number of amides is 2. The van der Waals surface area contributed by atoms with Crippen LogP contribution in [0.5, 0.6) is 0 Å². The summed E-state index contributed by atoms with van der Waals surface area (Å²) >= 11 is 0. The van der Waals surface area contributed by atoms with Gasteiger partial charge in [-0.3, -0.25) is 19.5 Å². The number of Topliss-reactive ketones (excluding diaryl/α,β-unsaturated/α-hetero) is 2. The number of carbonyl (C=O) groups is 4. The van der Waals surface area contributed by atoms with Crippen LogP contribution < -0.4 is 10.6 Å². The average molecular weight is 413 g/mol. The van der Waals surface area contributed by atoms with Crippen molar-refractivity contribution < 1.29 is 23.9 Å². The van der Waals surface area contributed by atoms with E-state index in [0.717, 1.165) is 12.0 Å². The summed E-state index contributed by atoms with van der Waals surface area (Å²) in [5, 5.41) is 11.3. The molecule has 1 aliphatic rings. The predicted molar refractivity (Wildman–Crippen MR) is 104 cm³/mol. The third-order valence-electron chi connectivity index (χ3n) is 4.81. The number of ketones is 2. The SMILES string of the molecule is O=C(NC(C(=O)CC1CCCCNC(=O)C1=O)c1ncn[nH]1)OCc1ccccc1. The van der Waals surface area contributed by atoms with Gasteiger partial charge in [0.1, 0.15) is 12.9 Å². The molecule has 0 radical (unpaired) electrons. The molecule has 10 nitrogen and oxygen atoms in total. The van der Waals surface area contributed by atoms with Crippen LogP contribution in [0, 0.1) is 5.92 Å². The molecule has 2 amide bonds.